The summed E-state index contributed by atoms with van der Waals surface area (Å²) in [5.41, 5.74) is 3.66. The number of halogens is 1. The van der Waals surface area contributed by atoms with Crippen LogP contribution in [0.3, 0.4) is 0 Å². The number of rotatable bonds is 7. The van der Waals surface area contributed by atoms with Crippen LogP contribution >= 0.6 is 22.9 Å². The second-order valence-corrected chi connectivity index (χ2v) is 11.3. The van der Waals surface area contributed by atoms with Crippen LogP contribution in [0.2, 0.25) is 0 Å². The fourth-order valence-electron chi connectivity index (χ4n) is 4.23. The van der Waals surface area contributed by atoms with Crippen LogP contribution in [0.25, 0.3) is 0 Å². The van der Waals surface area contributed by atoms with Crippen molar-refractivity contribution < 1.29 is 9.59 Å². The Balaban J connectivity index is 1.90. The first-order valence-electron chi connectivity index (χ1n) is 11.5. The molecule has 32 heavy (non-hydrogen) atoms. The van der Waals surface area contributed by atoms with Crippen molar-refractivity contribution >= 4 is 34.8 Å². The summed E-state index contributed by atoms with van der Waals surface area (Å²) in [5, 5.41) is 1.48. The lowest BCUT2D eigenvalue weighted by atomic mass is 9.85. The van der Waals surface area contributed by atoms with E-state index in [-0.39, 0.29) is 29.8 Å². The topological polar surface area (TPSA) is 40.6 Å². The van der Waals surface area contributed by atoms with E-state index >= 15 is 0 Å². The standard InChI is InChI=1S/C26H35ClN2O2S/c1-6-7-14-28(25(31)18(2)27)17-23(30)29-15-12-22-21(13-16-32-22)24(29)19-8-10-20(11-9-19)26(3,4)5/h8-11,13,16,18,24H,6-7,12,14-15,17H2,1-5H3. The van der Waals surface area contributed by atoms with Gasteiger partial charge in [-0.3, -0.25) is 9.59 Å². The molecule has 1 aromatic heterocycles. The van der Waals surface area contributed by atoms with Gasteiger partial charge in [-0.25, -0.2) is 0 Å². The number of carbonyl (C=O) groups excluding carboxylic acids is 2. The summed E-state index contributed by atoms with van der Waals surface area (Å²) in [6.45, 7) is 11.6. The molecule has 2 heterocycles. The zero-order valence-corrected chi connectivity index (χ0v) is 21.4. The molecule has 0 fully saturated rings. The minimum atomic E-state index is -0.634. The summed E-state index contributed by atoms with van der Waals surface area (Å²) in [7, 11) is 0. The first kappa shape index (κ1) is 24.8. The second kappa shape index (κ2) is 10.4. The largest absolute Gasteiger partial charge is 0.332 e. The summed E-state index contributed by atoms with van der Waals surface area (Å²) in [5.74, 6) is -0.193. The molecule has 0 spiro atoms. The second-order valence-electron chi connectivity index (χ2n) is 9.64. The molecule has 0 saturated heterocycles. The van der Waals surface area contributed by atoms with E-state index in [1.54, 1.807) is 23.2 Å². The first-order chi connectivity index (χ1) is 15.1. The van der Waals surface area contributed by atoms with E-state index in [1.807, 2.05) is 4.90 Å². The fourth-order valence-corrected chi connectivity index (χ4v) is 5.27. The maximum atomic E-state index is 13.5. The average Bonchev–Trinajstić information content (AvgIpc) is 3.23. The Morgan fingerprint density at radius 2 is 1.91 bits per heavy atom. The molecule has 0 radical (unpaired) electrons. The Hall–Kier alpha value is -1.85. The van der Waals surface area contributed by atoms with Gasteiger partial charge < -0.3 is 9.80 Å². The monoisotopic (exact) mass is 474 g/mol. The molecule has 0 N–H and O–H groups in total. The van der Waals surface area contributed by atoms with Crippen LogP contribution in [0.15, 0.2) is 35.7 Å². The van der Waals surface area contributed by atoms with E-state index < -0.39 is 5.38 Å². The van der Waals surface area contributed by atoms with Gasteiger partial charge in [-0.1, -0.05) is 58.4 Å². The molecular weight excluding hydrogens is 440 g/mol. The van der Waals surface area contributed by atoms with Crippen molar-refractivity contribution in [1.82, 2.24) is 9.80 Å². The van der Waals surface area contributed by atoms with E-state index in [0.29, 0.717) is 13.1 Å². The van der Waals surface area contributed by atoms with Gasteiger partial charge in [0.2, 0.25) is 11.8 Å². The summed E-state index contributed by atoms with van der Waals surface area (Å²) in [6, 6.07) is 10.7. The van der Waals surface area contributed by atoms with Crippen LogP contribution in [-0.4, -0.2) is 46.6 Å². The highest BCUT2D eigenvalue weighted by Gasteiger charge is 2.34. The molecule has 174 valence electrons. The maximum Gasteiger partial charge on any atom is 0.242 e. The highest BCUT2D eigenvalue weighted by molar-refractivity contribution is 7.10. The van der Waals surface area contributed by atoms with Crippen LogP contribution in [0.5, 0.6) is 0 Å². The molecule has 0 aliphatic carbocycles. The Labute approximate surface area is 201 Å². The van der Waals surface area contributed by atoms with Crippen molar-refractivity contribution in [1.29, 1.82) is 0 Å². The predicted molar refractivity (Wildman–Crippen MR) is 134 cm³/mol. The molecule has 2 aromatic rings. The Bertz CT molecular complexity index is 930. The molecule has 3 rings (SSSR count). The number of hydrogen-bond donors (Lipinski definition) is 0. The third-order valence-electron chi connectivity index (χ3n) is 6.14. The van der Waals surface area contributed by atoms with Crippen LogP contribution < -0.4 is 0 Å². The van der Waals surface area contributed by atoms with E-state index in [0.717, 1.165) is 24.8 Å². The van der Waals surface area contributed by atoms with E-state index in [2.05, 4.69) is 63.4 Å². The van der Waals surface area contributed by atoms with Gasteiger partial charge in [0.1, 0.15) is 5.38 Å². The summed E-state index contributed by atoms with van der Waals surface area (Å²) in [4.78, 5) is 31.1. The number of hydrogen-bond acceptors (Lipinski definition) is 3. The van der Waals surface area contributed by atoms with Crippen LogP contribution in [-0.2, 0) is 21.4 Å². The van der Waals surface area contributed by atoms with Crippen LogP contribution in [0, 0.1) is 0 Å². The Morgan fingerprint density at radius 1 is 1.22 bits per heavy atom. The van der Waals surface area contributed by atoms with Gasteiger partial charge in [-0.15, -0.1) is 22.9 Å². The average molecular weight is 475 g/mol. The number of benzene rings is 1. The number of nitrogens with zero attached hydrogens (tertiary/aromatic N) is 2. The van der Waals surface area contributed by atoms with E-state index in [4.69, 9.17) is 11.6 Å². The quantitative estimate of drug-likeness (QED) is 0.477. The maximum absolute atomic E-state index is 13.5. The van der Waals surface area contributed by atoms with Gasteiger partial charge in [-0.05, 0) is 53.3 Å². The van der Waals surface area contributed by atoms with Gasteiger partial charge in [-0.2, -0.15) is 0 Å². The highest BCUT2D eigenvalue weighted by atomic mass is 35.5. The van der Waals surface area contributed by atoms with Gasteiger partial charge in [0.05, 0.1) is 12.6 Å². The SMILES string of the molecule is CCCCN(CC(=O)N1CCc2sccc2C1c1ccc(C(C)(C)C)cc1)C(=O)C(C)Cl. The van der Waals surface area contributed by atoms with Gasteiger partial charge >= 0.3 is 0 Å². The zero-order valence-electron chi connectivity index (χ0n) is 19.9. The minimum Gasteiger partial charge on any atom is -0.332 e. The number of amides is 2. The molecule has 1 aromatic carbocycles. The highest BCUT2D eigenvalue weighted by Crippen LogP contribution is 2.38. The third-order valence-corrected chi connectivity index (χ3v) is 7.32. The molecule has 0 bridgehead atoms. The summed E-state index contributed by atoms with van der Waals surface area (Å²) in [6.07, 6.45) is 2.67. The normalized spacial score (nSPS) is 17.1. The lowest BCUT2D eigenvalue weighted by Crippen LogP contribution is -2.48. The van der Waals surface area contributed by atoms with Crippen molar-refractivity contribution in [3.63, 3.8) is 0 Å². The molecule has 1 aliphatic heterocycles. The molecule has 2 amide bonds. The first-order valence-corrected chi connectivity index (χ1v) is 12.8. The van der Waals surface area contributed by atoms with E-state index in [1.165, 1.54) is 16.0 Å². The van der Waals surface area contributed by atoms with Crippen molar-refractivity contribution in [3.05, 3.63) is 57.3 Å². The molecule has 1 aliphatic rings. The number of unbranched alkanes of at least 4 members (excludes halogenated alkanes) is 1. The van der Waals surface area contributed by atoms with Gasteiger partial charge in [0, 0.05) is 18.0 Å². The lowest BCUT2D eigenvalue weighted by molar-refractivity contribution is -0.141. The number of fused-ring (bicyclic) bond motifs is 1. The van der Waals surface area contributed by atoms with Gasteiger partial charge in [0.15, 0.2) is 0 Å². The molecule has 6 heteroatoms. The smallest absolute Gasteiger partial charge is 0.242 e. The number of alkyl halides is 1. The van der Waals surface area contributed by atoms with Gasteiger partial charge in [0.25, 0.3) is 0 Å². The molecule has 2 unspecified atom stereocenters. The van der Waals surface area contributed by atoms with Crippen LogP contribution in [0.1, 0.15) is 75.1 Å². The third kappa shape index (κ3) is 5.55. The summed E-state index contributed by atoms with van der Waals surface area (Å²) >= 11 is 7.84. The minimum absolute atomic E-state index is 0.0199. The Kier molecular flexibility index (Phi) is 8.05. The number of thiophene rings is 1. The van der Waals surface area contributed by atoms with Crippen LogP contribution in [0.4, 0.5) is 0 Å². The zero-order chi connectivity index (χ0) is 23.5. The molecule has 2 atom stereocenters. The molecule has 0 saturated carbocycles. The number of carbonyl (C=O) groups is 2. The fraction of sp³-hybridized carbons (Fsp3) is 0.538. The molecular formula is C26H35ClN2O2S. The Morgan fingerprint density at radius 3 is 2.50 bits per heavy atom. The van der Waals surface area contributed by atoms with Crippen molar-refractivity contribution in [3.8, 4) is 0 Å². The van der Waals surface area contributed by atoms with E-state index in [9.17, 15) is 9.59 Å². The lowest BCUT2D eigenvalue weighted by Gasteiger charge is -2.38. The van der Waals surface area contributed by atoms with Crippen molar-refractivity contribution in [2.24, 2.45) is 0 Å². The molecule has 4 nitrogen and oxygen atoms in total. The van der Waals surface area contributed by atoms with Crippen molar-refractivity contribution in [2.45, 2.75) is 70.7 Å². The summed E-state index contributed by atoms with van der Waals surface area (Å²) < 4.78 is 0. The van der Waals surface area contributed by atoms with Crippen molar-refractivity contribution in [2.75, 3.05) is 19.6 Å². The predicted octanol–water partition coefficient (Wildman–Crippen LogP) is 5.78.